The molecule has 0 saturated carbocycles. The quantitative estimate of drug-likeness (QED) is 0.460. The van der Waals surface area contributed by atoms with Crippen LogP contribution >= 0.6 is 0 Å². The number of ether oxygens (including phenoxy) is 1. The van der Waals surface area contributed by atoms with E-state index in [0.717, 1.165) is 11.4 Å². The van der Waals surface area contributed by atoms with Gasteiger partial charge in [-0.1, -0.05) is 6.07 Å². The molecule has 0 spiro atoms. The molecule has 9 heteroatoms. The highest BCUT2D eigenvalue weighted by atomic mass is 19.1. The number of fused-ring (bicyclic) bond motifs is 1. The Hall–Kier alpha value is -3.85. The number of aromatic nitrogens is 4. The largest absolute Gasteiger partial charge is 0.378 e. The number of nitrogens with one attached hydrogen (secondary N) is 1. The van der Waals surface area contributed by atoms with Gasteiger partial charge in [0.05, 0.1) is 40.8 Å². The average molecular weight is 434 g/mol. The van der Waals surface area contributed by atoms with Crippen molar-refractivity contribution < 1.29 is 13.9 Å². The molecule has 0 aliphatic heterocycles. The zero-order valence-electron chi connectivity index (χ0n) is 18.0. The van der Waals surface area contributed by atoms with Gasteiger partial charge in [0.25, 0.3) is 5.91 Å². The number of hydrogen-bond acceptors (Lipinski definition) is 6. The molecule has 1 aromatic carbocycles. The molecule has 1 unspecified atom stereocenters. The second-order valence-corrected chi connectivity index (χ2v) is 7.51. The van der Waals surface area contributed by atoms with Crippen molar-refractivity contribution in [3.8, 4) is 11.1 Å². The van der Waals surface area contributed by atoms with Gasteiger partial charge in [0.2, 0.25) is 0 Å². The number of nitrogens with two attached hydrogens (primary N) is 1. The minimum Gasteiger partial charge on any atom is -0.378 e. The smallest absolute Gasteiger partial charge is 0.252 e. The first-order valence-corrected chi connectivity index (χ1v) is 9.99. The van der Waals surface area contributed by atoms with E-state index in [-0.39, 0.29) is 11.6 Å². The van der Waals surface area contributed by atoms with Crippen molar-refractivity contribution in [1.82, 2.24) is 19.7 Å². The summed E-state index contributed by atoms with van der Waals surface area (Å²) in [6.07, 6.45) is 4.78. The second kappa shape index (κ2) is 8.72. The van der Waals surface area contributed by atoms with Gasteiger partial charge in [-0.3, -0.25) is 19.4 Å². The third-order valence-electron chi connectivity index (χ3n) is 5.19. The fourth-order valence-electron chi connectivity index (χ4n) is 3.55. The average Bonchev–Trinajstić information content (AvgIpc) is 3.20. The predicted molar refractivity (Wildman–Crippen MR) is 119 cm³/mol. The lowest BCUT2D eigenvalue weighted by atomic mass is 10.0. The van der Waals surface area contributed by atoms with E-state index in [4.69, 9.17) is 10.5 Å². The number of hydrogen-bond donors (Lipinski definition) is 2. The number of aryl methyl sites for hydroxylation is 1. The van der Waals surface area contributed by atoms with E-state index in [1.165, 1.54) is 12.3 Å². The number of carbonyl (C=O) groups is 1. The first-order chi connectivity index (χ1) is 15.4. The van der Waals surface area contributed by atoms with Gasteiger partial charge in [-0.15, -0.1) is 0 Å². The van der Waals surface area contributed by atoms with Crippen LogP contribution in [0.5, 0.6) is 0 Å². The summed E-state index contributed by atoms with van der Waals surface area (Å²) < 4.78 is 21.7. The maximum Gasteiger partial charge on any atom is 0.252 e. The number of methoxy groups -OCH3 is 1. The number of carbonyl (C=O) groups excluding carboxylic acids is 1. The highest BCUT2D eigenvalue weighted by Crippen LogP contribution is 2.34. The summed E-state index contributed by atoms with van der Waals surface area (Å²) in [5.74, 6) is -1.08. The topological polar surface area (TPSA) is 108 Å². The van der Waals surface area contributed by atoms with Crippen LogP contribution in [-0.2, 0) is 18.4 Å². The number of pyridine rings is 2. The van der Waals surface area contributed by atoms with Crippen LogP contribution in [0.4, 0.5) is 10.1 Å². The normalized spacial score (nSPS) is 12.1. The number of amides is 1. The van der Waals surface area contributed by atoms with Gasteiger partial charge in [0.1, 0.15) is 5.82 Å². The molecular formula is C23H23FN6O2. The Morgan fingerprint density at radius 2 is 2.06 bits per heavy atom. The zero-order chi connectivity index (χ0) is 22.8. The van der Waals surface area contributed by atoms with Crippen LogP contribution in [0, 0.1) is 5.82 Å². The van der Waals surface area contributed by atoms with E-state index in [0.29, 0.717) is 34.3 Å². The minimum absolute atomic E-state index is 0.214. The number of primary amides is 1. The molecule has 164 valence electrons. The summed E-state index contributed by atoms with van der Waals surface area (Å²) in [4.78, 5) is 20.7. The van der Waals surface area contributed by atoms with Crippen LogP contribution in [0.3, 0.4) is 0 Å². The standard InChI is InChI=1S/C23H23FN6O2/c1-13(20-6-7-30(2)29-20)28-22-17-8-16(14-4-5-15(12-32-3)26-10-14)19(24)9-21(17)27-11-18(22)23(25)31/h4-11,13H,12H2,1-3H3,(H2,25,31)(H,27,28). The van der Waals surface area contributed by atoms with E-state index in [1.54, 1.807) is 36.2 Å². The lowest BCUT2D eigenvalue weighted by Crippen LogP contribution is -2.17. The summed E-state index contributed by atoms with van der Waals surface area (Å²) in [6, 6.07) is 8.20. The summed E-state index contributed by atoms with van der Waals surface area (Å²) in [6.45, 7) is 2.29. The third-order valence-corrected chi connectivity index (χ3v) is 5.19. The molecule has 3 N–H and O–H groups in total. The van der Waals surface area contributed by atoms with Crippen LogP contribution in [0.15, 0.2) is 48.9 Å². The van der Waals surface area contributed by atoms with E-state index < -0.39 is 11.7 Å². The van der Waals surface area contributed by atoms with Crippen molar-refractivity contribution >= 4 is 22.5 Å². The van der Waals surface area contributed by atoms with Crippen molar-refractivity contribution in [2.45, 2.75) is 19.6 Å². The molecular weight excluding hydrogens is 411 g/mol. The fourth-order valence-corrected chi connectivity index (χ4v) is 3.55. The Kier molecular flexibility index (Phi) is 5.83. The lowest BCUT2D eigenvalue weighted by Gasteiger charge is -2.18. The Labute approximate surface area is 184 Å². The number of anilines is 1. The van der Waals surface area contributed by atoms with E-state index in [1.807, 2.05) is 26.2 Å². The summed E-state index contributed by atoms with van der Waals surface area (Å²) in [7, 11) is 3.41. The predicted octanol–water partition coefficient (Wildman–Crippen LogP) is 3.59. The van der Waals surface area contributed by atoms with Gasteiger partial charge >= 0.3 is 0 Å². The van der Waals surface area contributed by atoms with E-state index >= 15 is 0 Å². The molecule has 0 aliphatic rings. The van der Waals surface area contributed by atoms with Crippen molar-refractivity contribution in [2.75, 3.05) is 12.4 Å². The van der Waals surface area contributed by atoms with Gasteiger partial charge in [0.15, 0.2) is 0 Å². The first-order valence-electron chi connectivity index (χ1n) is 9.99. The molecule has 1 atom stereocenters. The van der Waals surface area contributed by atoms with Gasteiger partial charge in [0, 0.05) is 55.3 Å². The second-order valence-electron chi connectivity index (χ2n) is 7.51. The SMILES string of the molecule is COCc1ccc(-c2cc3c(NC(C)c4ccn(C)n4)c(C(N)=O)cnc3cc2F)cn1. The molecule has 1 amide bonds. The maximum absolute atomic E-state index is 15.0. The number of benzene rings is 1. The van der Waals surface area contributed by atoms with E-state index in [9.17, 15) is 9.18 Å². The Morgan fingerprint density at radius 3 is 2.69 bits per heavy atom. The molecule has 3 aromatic heterocycles. The molecule has 0 aliphatic carbocycles. The van der Waals surface area contributed by atoms with Crippen molar-refractivity contribution in [3.05, 3.63) is 71.7 Å². The molecule has 0 fully saturated rings. The Bertz CT molecular complexity index is 1290. The third kappa shape index (κ3) is 4.15. The zero-order valence-corrected chi connectivity index (χ0v) is 18.0. The molecule has 8 nitrogen and oxygen atoms in total. The van der Waals surface area contributed by atoms with E-state index in [2.05, 4.69) is 20.4 Å². The monoisotopic (exact) mass is 434 g/mol. The molecule has 4 rings (SSSR count). The van der Waals surface area contributed by atoms with Crippen LogP contribution in [-0.4, -0.2) is 32.8 Å². The van der Waals surface area contributed by atoms with Gasteiger partial charge < -0.3 is 15.8 Å². The van der Waals surface area contributed by atoms with Gasteiger partial charge in [-0.25, -0.2) is 4.39 Å². The highest BCUT2D eigenvalue weighted by Gasteiger charge is 2.19. The molecule has 0 radical (unpaired) electrons. The highest BCUT2D eigenvalue weighted by molar-refractivity contribution is 6.07. The Balaban J connectivity index is 1.84. The number of nitrogens with zero attached hydrogens (tertiary/aromatic N) is 4. The molecule has 0 bridgehead atoms. The molecule has 3 heterocycles. The van der Waals surface area contributed by atoms with Gasteiger partial charge in [-0.2, -0.15) is 5.10 Å². The minimum atomic E-state index is -0.633. The number of halogens is 1. The number of rotatable bonds is 7. The maximum atomic E-state index is 15.0. The van der Waals surface area contributed by atoms with Crippen LogP contribution in [0.25, 0.3) is 22.0 Å². The summed E-state index contributed by atoms with van der Waals surface area (Å²) in [5.41, 5.74) is 9.16. The summed E-state index contributed by atoms with van der Waals surface area (Å²) in [5, 5.41) is 8.30. The van der Waals surface area contributed by atoms with Crippen LogP contribution in [0.2, 0.25) is 0 Å². The van der Waals surface area contributed by atoms with Crippen molar-refractivity contribution in [3.63, 3.8) is 0 Å². The van der Waals surface area contributed by atoms with Crippen LogP contribution in [0.1, 0.15) is 34.7 Å². The molecule has 0 saturated heterocycles. The lowest BCUT2D eigenvalue weighted by molar-refractivity contribution is 0.100. The van der Waals surface area contributed by atoms with Crippen LogP contribution < -0.4 is 11.1 Å². The Morgan fingerprint density at radius 1 is 1.25 bits per heavy atom. The molecule has 32 heavy (non-hydrogen) atoms. The van der Waals surface area contributed by atoms with Crippen molar-refractivity contribution in [2.24, 2.45) is 12.8 Å². The molecule has 4 aromatic rings. The van der Waals surface area contributed by atoms with Gasteiger partial charge in [-0.05, 0) is 25.1 Å². The first kappa shape index (κ1) is 21.4. The summed E-state index contributed by atoms with van der Waals surface area (Å²) >= 11 is 0. The fraction of sp³-hybridized carbons (Fsp3) is 0.217. The van der Waals surface area contributed by atoms with Crippen molar-refractivity contribution in [1.29, 1.82) is 0 Å².